The van der Waals surface area contributed by atoms with Gasteiger partial charge >= 0.3 is 5.97 Å². The van der Waals surface area contributed by atoms with Gasteiger partial charge in [-0.05, 0) is 43.3 Å². The minimum Gasteiger partial charge on any atom is -0.497 e. The first-order valence-corrected chi connectivity index (χ1v) is 9.11. The van der Waals surface area contributed by atoms with E-state index in [0.29, 0.717) is 42.6 Å². The number of esters is 1. The lowest BCUT2D eigenvalue weighted by Gasteiger charge is -2.15. The number of methoxy groups -OCH3 is 1. The highest BCUT2D eigenvalue weighted by molar-refractivity contribution is 6.32. The van der Waals surface area contributed by atoms with Crippen molar-refractivity contribution < 1.29 is 28.5 Å². The second kappa shape index (κ2) is 8.84. The Morgan fingerprint density at radius 2 is 1.86 bits per heavy atom. The number of amides is 1. The number of anilines is 1. The number of carbonyl (C=O) groups is 2. The van der Waals surface area contributed by atoms with Crippen LogP contribution in [0.2, 0.25) is 5.02 Å². The Morgan fingerprint density at radius 3 is 2.57 bits per heavy atom. The lowest BCUT2D eigenvalue weighted by atomic mass is 10.2. The molecule has 2 aromatic carbocycles. The van der Waals surface area contributed by atoms with Crippen LogP contribution in [0.4, 0.5) is 5.69 Å². The van der Waals surface area contributed by atoms with Crippen molar-refractivity contribution in [3.8, 4) is 17.2 Å². The smallest absolute Gasteiger partial charge is 0.339 e. The third kappa shape index (κ3) is 4.67. The van der Waals surface area contributed by atoms with Crippen molar-refractivity contribution in [2.45, 2.75) is 19.4 Å². The number of hydrogen-bond donors (Lipinski definition) is 1. The van der Waals surface area contributed by atoms with Crippen LogP contribution in [0.5, 0.6) is 17.2 Å². The van der Waals surface area contributed by atoms with Crippen LogP contribution in [0.3, 0.4) is 0 Å². The molecule has 2 aromatic rings. The predicted molar refractivity (Wildman–Crippen MR) is 104 cm³/mol. The quantitative estimate of drug-likeness (QED) is 0.764. The summed E-state index contributed by atoms with van der Waals surface area (Å²) in [5.41, 5.74) is 0.741. The fourth-order valence-electron chi connectivity index (χ4n) is 2.55. The normalized spacial score (nSPS) is 13.8. The highest BCUT2D eigenvalue weighted by Gasteiger charge is 2.23. The van der Waals surface area contributed by atoms with Gasteiger partial charge in [0.15, 0.2) is 17.6 Å². The van der Waals surface area contributed by atoms with Gasteiger partial charge < -0.3 is 24.3 Å². The van der Waals surface area contributed by atoms with Crippen molar-refractivity contribution in [2.24, 2.45) is 0 Å². The molecule has 1 aliphatic heterocycles. The molecule has 0 saturated carbocycles. The first-order valence-electron chi connectivity index (χ1n) is 8.73. The van der Waals surface area contributed by atoms with Crippen LogP contribution < -0.4 is 19.5 Å². The van der Waals surface area contributed by atoms with E-state index in [-0.39, 0.29) is 10.6 Å². The van der Waals surface area contributed by atoms with Crippen molar-refractivity contribution in [3.63, 3.8) is 0 Å². The standard InChI is InChI=1S/C20H20ClNO6/c1-12(19(23)22-14-4-6-15(25-2)7-5-14)28-20(24)13-10-16(21)18-17(11-13)26-8-3-9-27-18/h4-7,10-12H,3,8-9H2,1-2H3,(H,22,23)/t12-/m1/s1. The van der Waals surface area contributed by atoms with Crippen LogP contribution in [0.15, 0.2) is 36.4 Å². The van der Waals surface area contributed by atoms with Crippen LogP contribution in [0.1, 0.15) is 23.7 Å². The van der Waals surface area contributed by atoms with Gasteiger partial charge in [-0.3, -0.25) is 4.79 Å². The monoisotopic (exact) mass is 405 g/mol. The van der Waals surface area contributed by atoms with Crippen LogP contribution in [0.25, 0.3) is 0 Å². The SMILES string of the molecule is COc1ccc(NC(=O)[C@@H](C)OC(=O)c2cc(Cl)c3c(c2)OCCCO3)cc1. The maximum atomic E-state index is 12.4. The second-order valence-electron chi connectivity index (χ2n) is 6.10. The summed E-state index contributed by atoms with van der Waals surface area (Å²) < 4.78 is 21.4. The third-order valence-corrected chi connectivity index (χ3v) is 4.33. The van der Waals surface area contributed by atoms with Gasteiger partial charge in [0.05, 0.1) is 30.9 Å². The molecule has 0 aromatic heterocycles. The zero-order chi connectivity index (χ0) is 20.1. The molecule has 3 rings (SSSR count). The molecule has 1 heterocycles. The lowest BCUT2D eigenvalue weighted by Crippen LogP contribution is -2.30. The molecule has 0 spiro atoms. The maximum Gasteiger partial charge on any atom is 0.339 e. The van der Waals surface area contributed by atoms with Gasteiger partial charge in [-0.2, -0.15) is 0 Å². The number of fused-ring (bicyclic) bond motifs is 1. The molecule has 1 amide bonds. The van der Waals surface area contributed by atoms with E-state index in [1.165, 1.54) is 19.1 Å². The molecule has 0 bridgehead atoms. The molecule has 0 fully saturated rings. The van der Waals surface area contributed by atoms with Gasteiger partial charge in [0, 0.05) is 12.1 Å². The van der Waals surface area contributed by atoms with E-state index in [2.05, 4.69) is 5.32 Å². The van der Waals surface area contributed by atoms with Gasteiger partial charge in [-0.15, -0.1) is 0 Å². The summed E-state index contributed by atoms with van der Waals surface area (Å²) in [6.45, 7) is 2.43. The fourth-order valence-corrected chi connectivity index (χ4v) is 2.81. The summed E-state index contributed by atoms with van der Waals surface area (Å²) >= 11 is 6.19. The molecule has 0 unspecified atom stereocenters. The minimum absolute atomic E-state index is 0.179. The Balaban J connectivity index is 1.65. The Morgan fingerprint density at radius 1 is 1.14 bits per heavy atom. The van der Waals surface area contributed by atoms with Crippen molar-refractivity contribution in [1.29, 1.82) is 0 Å². The highest BCUT2D eigenvalue weighted by atomic mass is 35.5. The minimum atomic E-state index is -1.01. The summed E-state index contributed by atoms with van der Waals surface area (Å²) in [5, 5.41) is 2.93. The summed E-state index contributed by atoms with van der Waals surface area (Å²) in [6.07, 6.45) is -0.294. The summed E-state index contributed by atoms with van der Waals surface area (Å²) in [6, 6.07) is 9.75. The number of ether oxygens (including phenoxy) is 4. The van der Waals surface area contributed by atoms with Crippen LogP contribution in [-0.4, -0.2) is 38.3 Å². The van der Waals surface area contributed by atoms with Gasteiger partial charge in [-0.25, -0.2) is 4.79 Å². The molecule has 1 aliphatic rings. The molecule has 28 heavy (non-hydrogen) atoms. The fraction of sp³-hybridized carbons (Fsp3) is 0.300. The lowest BCUT2D eigenvalue weighted by molar-refractivity contribution is -0.123. The maximum absolute atomic E-state index is 12.4. The molecular weight excluding hydrogens is 386 g/mol. The molecule has 0 saturated heterocycles. The molecular formula is C20H20ClNO6. The van der Waals surface area contributed by atoms with Crippen LogP contribution >= 0.6 is 11.6 Å². The number of rotatable bonds is 5. The average Bonchev–Trinajstić information content (AvgIpc) is 2.94. The second-order valence-corrected chi connectivity index (χ2v) is 6.51. The van der Waals surface area contributed by atoms with E-state index in [0.717, 1.165) is 0 Å². The topological polar surface area (TPSA) is 83.1 Å². The number of benzene rings is 2. The van der Waals surface area contributed by atoms with Gasteiger partial charge in [-0.1, -0.05) is 11.6 Å². The molecule has 7 nitrogen and oxygen atoms in total. The first-order chi connectivity index (χ1) is 13.5. The largest absolute Gasteiger partial charge is 0.497 e. The number of carbonyl (C=O) groups excluding carboxylic acids is 2. The Labute approximate surface area is 167 Å². The van der Waals surface area contributed by atoms with Crippen molar-refractivity contribution in [2.75, 3.05) is 25.6 Å². The van der Waals surface area contributed by atoms with E-state index in [4.69, 9.17) is 30.5 Å². The van der Waals surface area contributed by atoms with Crippen LogP contribution in [-0.2, 0) is 9.53 Å². The predicted octanol–water partition coefficient (Wildman–Crippen LogP) is 3.69. The van der Waals surface area contributed by atoms with Crippen LogP contribution in [0, 0.1) is 0 Å². The summed E-state index contributed by atoms with van der Waals surface area (Å²) in [7, 11) is 1.56. The molecule has 0 aliphatic carbocycles. The summed E-state index contributed by atoms with van der Waals surface area (Å²) in [5.74, 6) is 0.311. The summed E-state index contributed by atoms with van der Waals surface area (Å²) in [4.78, 5) is 24.7. The van der Waals surface area contributed by atoms with E-state index in [1.54, 1.807) is 31.4 Å². The van der Waals surface area contributed by atoms with Crippen molar-refractivity contribution >= 4 is 29.2 Å². The molecule has 148 valence electrons. The van der Waals surface area contributed by atoms with E-state index in [9.17, 15) is 9.59 Å². The van der Waals surface area contributed by atoms with Gasteiger partial charge in [0.2, 0.25) is 0 Å². The molecule has 1 atom stereocenters. The van der Waals surface area contributed by atoms with Crippen molar-refractivity contribution in [1.82, 2.24) is 0 Å². The van der Waals surface area contributed by atoms with E-state index < -0.39 is 18.0 Å². The van der Waals surface area contributed by atoms with E-state index in [1.807, 2.05) is 0 Å². The zero-order valence-electron chi connectivity index (χ0n) is 15.5. The third-order valence-electron chi connectivity index (χ3n) is 4.05. The van der Waals surface area contributed by atoms with Gasteiger partial charge in [0.25, 0.3) is 5.91 Å². The Bertz CT molecular complexity index is 868. The van der Waals surface area contributed by atoms with Crippen molar-refractivity contribution in [3.05, 3.63) is 47.0 Å². The van der Waals surface area contributed by atoms with Gasteiger partial charge in [0.1, 0.15) is 5.75 Å². The average molecular weight is 406 g/mol. The number of hydrogen-bond acceptors (Lipinski definition) is 6. The molecule has 0 radical (unpaired) electrons. The first kappa shape index (κ1) is 19.8. The Hall–Kier alpha value is -2.93. The highest BCUT2D eigenvalue weighted by Crippen LogP contribution is 2.38. The molecule has 1 N–H and O–H groups in total. The number of nitrogens with one attached hydrogen (secondary N) is 1. The zero-order valence-corrected chi connectivity index (χ0v) is 16.2. The molecule has 8 heteroatoms. The number of halogens is 1. The Kier molecular flexibility index (Phi) is 6.26. The van der Waals surface area contributed by atoms with E-state index >= 15 is 0 Å².